The van der Waals surface area contributed by atoms with Crippen LogP contribution in [0.4, 0.5) is 0 Å². The Morgan fingerprint density at radius 1 is 1.38 bits per heavy atom. The molecule has 0 fully saturated rings. The number of rotatable bonds is 5. The number of hydrogen-bond acceptors (Lipinski definition) is 2. The summed E-state index contributed by atoms with van der Waals surface area (Å²) in [5.41, 5.74) is 2.11. The molecule has 2 aromatic rings. The van der Waals surface area contributed by atoms with E-state index in [9.17, 15) is 0 Å². The molecule has 1 aromatic heterocycles. The molecule has 0 saturated carbocycles. The van der Waals surface area contributed by atoms with Crippen LogP contribution in [0, 0.1) is 6.07 Å². The molecule has 2 rings (SSSR count). The van der Waals surface area contributed by atoms with Crippen molar-refractivity contribution in [2.75, 3.05) is 6.61 Å². The summed E-state index contributed by atoms with van der Waals surface area (Å²) in [7, 11) is 0. The van der Waals surface area contributed by atoms with Gasteiger partial charge in [0.15, 0.2) is 0 Å². The van der Waals surface area contributed by atoms with Gasteiger partial charge in [-0.3, -0.25) is 4.98 Å². The minimum absolute atomic E-state index is 0.664. The highest BCUT2D eigenvalue weighted by molar-refractivity contribution is 5.81. The molecule has 0 bridgehead atoms. The molecule has 1 heterocycles. The Morgan fingerprint density at radius 3 is 3.19 bits per heavy atom. The molecule has 2 nitrogen and oxygen atoms in total. The number of ether oxygens (including phenoxy) is 1. The van der Waals surface area contributed by atoms with E-state index in [1.165, 1.54) is 12.0 Å². The Morgan fingerprint density at radius 2 is 2.31 bits per heavy atom. The fourth-order valence-electron chi connectivity index (χ4n) is 1.64. The van der Waals surface area contributed by atoms with Gasteiger partial charge in [-0.15, -0.1) is 0 Å². The zero-order valence-electron chi connectivity index (χ0n) is 9.57. The molecule has 2 heteroatoms. The second kappa shape index (κ2) is 5.61. The van der Waals surface area contributed by atoms with Crippen molar-refractivity contribution in [3.8, 4) is 0 Å². The summed E-state index contributed by atoms with van der Waals surface area (Å²) in [4.78, 5) is 4.28. The number of benzene rings is 1. The third kappa shape index (κ3) is 2.58. The van der Waals surface area contributed by atoms with Crippen molar-refractivity contribution in [3.63, 3.8) is 0 Å². The largest absolute Gasteiger partial charge is 0.377 e. The zero-order valence-corrected chi connectivity index (χ0v) is 9.57. The minimum Gasteiger partial charge on any atom is -0.377 e. The second-order valence-corrected chi connectivity index (χ2v) is 3.81. The molecular weight excluding hydrogens is 198 g/mol. The van der Waals surface area contributed by atoms with Crippen LogP contribution in [0.5, 0.6) is 0 Å². The molecule has 0 amide bonds. The van der Waals surface area contributed by atoms with Gasteiger partial charge in [-0.25, -0.2) is 0 Å². The molecule has 0 aliphatic rings. The third-order valence-corrected chi connectivity index (χ3v) is 2.56. The van der Waals surface area contributed by atoms with E-state index in [1.54, 1.807) is 6.20 Å². The van der Waals surface area contributed by atoms with Crippen molar-refractivity contribution < 1.29 is 4.74 Å². The Kier molecular flexibility index (Phi) is 3.89. The van der Waals surface area contributed by atoms with Gasteiger partial charge >= 0.3 is 0 Å². The SMILES string of the molecule is CCCCOCc1cc[c]c2ncccc12. The standard InChI is InChI=1S/C14H16NO/c1-2-3-10-16-11-12-6-4-8-14-13(12)7-5-9-15-14/h4-7,9H,2-3,10-11H2,1H3. The number of unbranched alkanes of at least 4 members (excludes halogenated alkanes) is 1. The van der Waals surface area contributed by atoms with E-state index in [2.05, 4.69) is 30.1 Å². The Labute approximate surface area is 96.3 Å². The quantitative estimate of drug-likeness (QED) is 0.712. The molecule has 0 saturated heterocycles. The van der Waals surface area contributed by atoms with Crippen LogP contribution in [0.1, 0.15) is 25.3 Å². The summed E-state index contributed by atoms with van der Waals surface area (Å²) in [6, 6.07) is 11.1. The van der Waals surface area contributed by atoms with Crippen molar-refractivity contribution >= 4 is 10.9 Å². The summed E-state index contributed by atoms with van der Waals surface area (Å²) in [5.74, 6) is 0. The van der Waals surface area contributed by atoms with Crippen molar-refractivity contribution in [1.82, 2.24) is 4.98 Å². The molecule has 0 unspecified atom stereocenters. The lowest BCUT2D eigenvalue weighted by molar-refractivity contribution is 0.119. The van der Waals surface area contributed by atoms with E-state index >= 15 is 0 Å². The smallest absolute Gasteiger partial charge is 0.0784 e. The predicted molar refractivity (Wildman–Crippen MR) is 65.1 cm³/mol. The molecule has 0 aliphatic carbocycles. The van der Waals surface area contributed by atoms with Crippen LogP contribution in [0.25, 0.3) is 10.9 Å². The zero-order chi connectivity index (χ0) is 11.2. The van der Waals surface area contributed by atoms with E-state index in [4.69, 9.17) is 4.74 Å². The number of nitrogens with zero attached hydrogens (tertiary/aromatic N) is 1. The average molecular weight is 214 g/mol. The molecule has 0 spiro atoms. The first-order valence-corrected chi connectivity index (χ1v) is 5.74. The van der Waals surface area contributed by atoms with E-state index < -0.39 is 0 Å². The first-order chi connectivity index (χ1) is 7.92. The van der Waals surface area contributed by atoms with Crippen molar-refractivity contribution in [3.05, 3.63) is 42.1 Å². The molecule has 16 heavy (non-hydrogen) atoms. The average Bonchev–Trinajstić information content (AvgIpc) is 2.35. The predicted octanol–water partition coefficient (Wildman–Crippen LogP) is 3.35. The third-order valence-electron chi connectivity index (χ3n) is 2.56. The maximum Gasteiger partial charge on any atom is 0.0784 e. The molecule has 1 aromatic carbocycles. The van der Waals surface area contributed by atoms with Crippen LogP contribution in [0.3, 0.4) is 0 Å². The highest BCUT2D eigenvalue weighted by Gasteiger charge is 2.00. The summed E-state index contributed by atoms with van der Waals surface area (Å²) in [5, 5.41) is 1.14. The van der Waals surface area contributed by atoms with Gasteiger partial charge < -0.3 is 4.74 Å². The van der Waals surface area contributed by atoms with Crippen LogP contribution in [0.15, 0.2) is 30.5 Å². The number of aromatic nitrogens is 1. The molecule has 1 radical (unpaired) electrons. The van der Waals surface area contributed by atoms with Crippen LogP contribution < -0.4 is 0 Å². The van der Waals surface area contributed by atoms with Gasteiger partial charge in [-0.05, 0) is 18.1 Å². The van der Waals surface area contributed by atoms with Gasteiger partial charge in [-0.1, -0.05) is 31.5 Å². The second-order valence-electron chi connectivity index (χ2n) is 3.81. The number of fused-ring (bicyclic) bond motifs is 1. The first kappa shape index (κ1) is 11.1. The van der Waals surface area contributed by atoms with Crippen LogP contribution >= 0.6 is 0 Å². The first-order valence-electron chi connectivity index (χ1n) is 5.74. The Balaban J connectivity index is 2.11. The van der Waals surface area contributed by atoms with Gasteiger partial charge in [0.2, 0.25) is 0 Å². The summed E-state index contributed by atoms with van der Waals surface area (Å²) in [6.07, 6.45) is 4.08. The monoisotopic (exact) mass is 214 g/mol. The number of hydrogen-bond donors (Lipinski definition) is 0. The summed E-state index contributed by atoms with van der Waals surface area (Å²) < 4.78 is 5.63. The topological polar surface area (TPSA) is 22.1 Å². The van der Waals surface area contributed by atoms with E-state index in [1.807, 2.05) is 12.1 Å². The maximum atomic E-state index is 5.63. The van der Waals surface area contributed by atoms with Gasteiger partial charge in [-0.2, -0.15) is 0 Å². The van der Waals surface area contributed by atoms with Crippen molar-refractivity contribution in [1.29, 1.82) is 0 Å². The highest BCUT2D eigenvalue weighted by atomic mass is 16.5. The van der Waals surface area contributed by atoms with Gasteiger partial charge in [0.25, 0.3) is 0 Å². The summed E-state index contributed by atoms with van der Waals surface area (Å²) in [6.45, 7) is 3.66. The van der Waals surface area contributed by atoms with Crippen molar-refractivity contribution in [2.24, 2.45) is 0 Å². The maximum absolute atomic E-state index is 5.63. The Bertz CT molecular complexity index is 448. The van der Waals surface area contributed by atoms with Crippen molar-refractivity contribution in [2.45, 2.75) is 26.4 Å². The van der Waals surface area contributed by atoms with Crippen LogP contribution in [-0.2, 0) is 11.3 Å². The van der Waals surface area contributed by atoms with E-state index in [-0.39, 0.29) is 0 Å². The van der Waals surface area contributed by atoms with Crippen LogP contribution in [-0.4, -0.2) is 11.6 Å². The lowest BCUT2D eigenvalue weighted by Gasteiger charge is -2.06. The number of pyridine rings is 1. The molecular formula is C14H16NO. The lowest BCUT2D eigenvalue weighted by atomic mass is 10.1. The Hall–Kier alpha value is -1.41. The molecule has 0 atom stereocenters. The highest BCUT2D eigenvalue weighted by Crippen LogP contribution is 2.16. The van der Waals surface area contributed by atoms with E-state index in [0.29, 0.717) is 6.61 Å². The lowest BCUT2D eigenvalue weighted by Crippen LogP contribution is -1.96. The molecule has 0 aliphatic heterocycles. The van der Waals surface area contributed by atoms with Gasteiger partial charge in [0.05, 0.1) is 12.1 Å². The summed E-state index contributed by atoms with van der Waals surface area (Å²) >= 11 is 0. The van der Waals surface area contributed by atoms with E-state index in [0.717, 1.165) is 23.9 Å². The van der Waals surface area contributed by atoms with Crippen LogP contribution in [0.2, 0.25) is 0 Å². The molecule has 83 valence electrons. The van der Waals surface area contributed by atoms with Gasteiger partial charge in [0, 0.05) is 24.3 Å². The fraction of sp³-hybridized carbons (Fsp3) is 0.357. The van der Waals surface area contributed by atoms with Gasteiger partial charge in [0.1, 0.15) is 0 Å². The molecule has 0 N–H and O–H groups in total. The minimum atomic E-state index is 0.664. The normalized spacial score (nSPS) is 10.8. The fourth-order valence-corrected chi connectivity index (χ4v) is 1.64.